The van der Waals surface area contributed by atoms with E-state index in [0.29, 0.717) is 0 Å². The minimum absolute atomic E-state index is 1.16. The Bertz CT molecular complexity index is 1250. The summed E-state index contributed by atoms with van der Waals surface area (Å²) in [6.07, 6.45) is 0. The summed E-state index contributed by atoms with van der Waals surface area (Å²) in [5.41, 5.74) is 0. The minimum atomic E-state index is 1.16. The van der Waals surface area contributed by atoms with Gasteiger partial charge >= 0.3 is 0 Å². The third kappa shape index (κ3) is 1.69. The quantitative estimate of drug-likeness (QED) is 0.262. The summed E-state index contributed by atoms with van der Waals surface area (Å²) in [6, 6.07) is 36.9. The molecule has 0 aromatic heterocycles. The van der Waals surface area contributed by atoms with Crippen molar-refractivity contribution in [2.75, 3.05) is 0 Å². The van der Waals surface area contributed by atoms with Gasteiger partial charge in [-0.3, -0.25) is 0 Å². The molecule has 0 saturated heterocycles. The van der Waals surface area contributed by atoms with Crippen molar-refractivity contribution < 1.29 is 0 Å². The second-order valence-electron chi connectivity index (χ2n) is 6.78. The average molecular weight is 326 g/mol. The van der Waals surface area contributed by atoms with Crippen LogP contribution in [0.15, 0.2) is 84.9 Å². The molecule has 0 heteroatoms. The van der Waals surface area contributed by atoms with Crippen LogP contribution in [0.4, 0.5) is 0 Å². The van der Waals surface area contributed by atoms with Crippen LogP contribution in [0, 0.1) is 12.1 Å². The van der Waals surface area contributed by atoms with E-state index in [9.17, 15) is 0 Å². The predicted octanol–water partition coefficient (Wildman–Crippen LogP) is 7.05. The largest absolute Gasteiger partial charge is 0.0616 e. The van der Waals surface area contributed by atoms with Gasteiger partial charge in [-0.1, -0.05) is 84.9 Å². The molecule has 0 saturated carbocycles. The van der Waals surface area contributed by atoms with Crippen molar-refractivity contribution in [2.24, 2.45) is 0 Å². The van der Waals surface area contributed by atoms with E-state index in [4.69, 9.17) is 0 Å². The Hall–Kier alpha value is -3.38. The van der Waals surface area contributed by atoms with Crippen LogP contribution in [0.5, 0.6) is 0 Å². The molecular formula is C26H14. The molecule has 26 heavy (non-hydrogen) atoms. The molecule has 0 aliphatic carbocycles. The van der Waals surface area contributed by atoms with Crippen LogP contribution in [0.2, 0.25) is 0 Å². The highest BCUT2D eigenvalue weighted by Crippen LogP contribution is 2.43. The van der Waals surface area contributed by atoms with Crippen molar-refractivity contribution in [3.63, 3.8) is 0 Å². The second-order valence-corrected chi connectivity index (χ2v) is 6.78. The molecule has 6 aromatic carbocycles. The number of hydrogen-bond donors (Lipinski definition) is 0. The molecule has 6 aromatic rings. The van der Waals surface area contributed by atoms with Gasteiger partial charge in [0.05, 0.1) is 0 Å². The molecule has 0 aliphatic rings. The van der Waals surface area contributed by atoms with Gasteiger partial charge in [0, 0.05) is 0 Å². The van der Waals surface area contributed by atoms with Crippen molar-refractivity contribution in [3.05, 3.63) is 97.1 Å². The average Bonchev–Trinajstić information content (AvgIpc) is 2.73. The van der Waals surface area contributed by atoms with E-state index < -0.39 is 0 Å². The van der Waals surface area contributed by atoms with E-state index in [1.54, 1.807) is 0 Å². The van der Waals surface area contributed by atoms with Crippen LogP contribution in [-0.2, 0) is 0 Å². The van der Waals surface area contributed by atoms with Crippen molar-refractivity contribution in [1.82, 2.24) is 0 Å². The van der Waals surface area contributed by atoms with E-state index in [1.807, 2.05) is 6.07 Å². The molecule has 0 unspecified atom stereocenters. The van der Waals surface area contributed by atoms with Gasteiger partial charge < -0.3 is 0 Å². The maximum Gasteiger partial charge on any atom is -0.000717 e. The van der Waals surface area contributed by atoms with Gasteiger partial charge in [0.1, 0.15) is 0 Å². The Kier molecular flexibility index (Phi) is 2.70. The molecule has 6 rings (SSSR count). The molecule has 0 bridgehead atoms. The fourth-order valence-electron chi connectivity index (χ4n) is 4.43. The molecule has 0 heterocycles. The van der Waals surface area contributed by atoms with Crippen LogP contribution >= 0.6 is 0 Å². The maximum absolute atomic E-state index is 3.42. The number of fused-ring (bicyclic) bond motifs is 11. The fourth-order valence-corrected chi connectivity index (χ4v) is 4.43. The molecule has 0 aliphatic heterocycles. The van der Waals surface area contributed by atoms with E-state index in [1.165, 1.54) is 48.5 Å². The topological polar surface area (TPSA) is 0 Å². The van der Waals surface area contributed by atoms with Gasteiger partial charge in [-0.25, -0.2) is 0 Å². The van der Waals surface area contributed by atoms with Crippen LogP contribution in [-0.4, -0.2) is 0 Å². The fraction of sp³-hybridized carbons (Fsp3) is 0. The highest BCUT2D eigenvalue weighted by Gasteiger charge is 2.14. The lowest BCUT2D eigenvalue weighted by Crippen LogP contribution is -1.88. The predicted molar refractivity (Wildman–Crippen MR) is 112 cm³/mol. The lowest BCUT2D eigenvalue weighted by molar-refractivity contribution is 1.76. The van der Waals surface area contributed by atoms with Crippen LogP contribution in [0.3, 0.4) is 0 Å². The maximum atomic E-state index is 3.42. The van der Waals surface area contributed by atoms with E-state index >= 15 is 0 Å². The molecule has 0 fully saturated rings. The van der Waals surface area contributed by atoms with Gasteiger partial charge in [0.15, 0.2) is 0 Å². The third-order valence-corrected chi connectivity index (χ3v) is 5.47. The van der Waals surface area contributed by atoms with Crippen LogP contribution in [0.1, 0.15) is 0 Å². The monoisotopic (exact) mass is 326 g/mol. The zero-order chi connectivity index (χ0) is 17.1. The SMILES string of the molecule is [c]1[c]c2c(cc1)c1ccccc1c1c3ccccc3c3ccccc3c21. The first-order chi connectivity index (χ1) is 12.9. The molecule has 0 amide bonds. The third-order valence-electron chi connectivity index (χ3n) is 5.47. The van der Waals surface area contributed by atoms with Crippen molar-refractivity contribution in [1.29, 1.82) is 0 Å². The van der Waals surface area contributed by atoms with Crippen LogP contribution < -0.4 is 0 Å². The smallest absolute Gasteiger partial charge is 0.000717 e. The summed E-state index contributed by atoms with van der Waals surface area (Å²) in [5.74, 6) is 0. The number of hydrogen-bond acceptors (Lipinski definition) is 0. The summed E-state index contributed by atoms with van der Waals surface area (Å²) in [5, 5.41) is 12.8. The first kappa shape index (κ1) is 13.9. The van der Waals surface area contributed by atoms with Gasteiger partial charge in [-0.2, -0.15) is 0 Å². The van der Waals surface area contributed by atoms with Crippen LogP contribution in [0.25, 0.3) is 53.9 Å². The standard InChI is InChI=1S/C26H14/c1-5-13-21-17(9-1)18-10-2-6-14-22(18)26-24-16-8-4-12-20(24)19-11-3-7-15-23(19)25(21)26/h1-7,9-15H. The van der Waals surface area contributed by atoms with Gasteiger partial charge in [-0.15, -0.1) is 0 Å². The van der Waals surface area contributed by atoms with Gasteiger partial charge in [0.25, 0.3) is 0 Å². The lowest BCUT2D eigenvalue weighted by atomic mass is 9.87. The minimum Gasteiger partial charge on any atom is -0.0616 e. The highest BCUT2D eigenvalue weighted by atomic mass is 14.2. The Labute approximate surface area is 151 Å². The van der Waals surface area contributed by atoms with Crippen molar-refractivity contribution >= 4 is 53.9 Å². The lowest BCUT2D eigenvalue weighted by Gasteiger charge is -2.15. The molecular weight excluding hydrogens is 312 g/mol. The summed E-state index contributed by atoms with van der Waals surface area (Å²) < 4.78 is 0. The molecule has 0 atom stereocenters. The Morgan fingerprint density at radius 1 is 0.423 bits per heavy atom. The first-order valence-electron chi connectivity index (χ1n) is 8.89. The number of rotatable bonds is 0. The molecule has 2 radical (unpaired) electrons. The zero-order valence-corrected chi connectivity index (χ0v) is 14.1. The Morgan fingerprint density at radius 2 is 0.885 bits per heavy atom. The summed E-state index contributed by atoms with van der Waals surface area (Å²) >= 11 is 0. The van der Waals surface area contributed by atoms with Gasteiger partial charge in [-0.05, 0) is 66.0 Å². The Morgan fingerprint density at radius 3 is 1.46 bits per heavy atom. The first-order valence-corrected chi connectivity index (χ1v) is 8.89. The zero-order valence-electron chi connectivity index (χ0n) is 14.1. The number of benzene rings is 6. The van der Waals surface area contributed by atoms with E-state index in [2.05, 4.69) is 91.0 Å². The van der Waals surface area contributed by atoms with Crippen molar-refractivity contribution in [3.8, 4) is 0 Å². The molecule has 0 N–H and O–H groups in total. The normalized spacial score (nSPS) is 11.8. The summed E-state index contributed by atoms with van der Waals surface area (Å²) in [4.78, 5) is 0. The molecule has 0 nitrogen and oxygen atoms in total. The molecule has 0 spiro atoms. The van der Waals surface area contributed by atoms with E-state index in [-0.39, 0.29) is 0 Å². The highest BCUT2D eigenvalue weighted by molar-refractivity contribution is 6.39. The Balaban J connectivity index is 2.14. The summed E-state index contributed by atoms with van der Waals surface area (Å²) in [7, 11) is 0. The van der Waals surface area contributed by atoms with Crippen molar-refractivity contribution in [2.45, 2.75) is 0 Å². The second kappa shape index (κ2) is 5.06. The molecule has 118 valence electrons. The summed E-state index contributed by atoms with van der Waals surface area (Å²) in [6.45, 7) is 0. The van der Waals surface area contributed by atoms with Gasteiger partial charge in [0.2, 0.25) is 0 Å². The van der Waals surface area contributed by atoms with E-state index in [0.717, 1.165) is 5.39 Å².